The molecule has 0 spiro atoms. The van der Waals surface area contributed by atoms with Crippen molar-refractivity contribution >= 4 is 10.8 Å². The molecule has 5 nitrogen and oxygen atoms in total. The Balaban J connectivity index is 1.41. The molecule has 2 heterocycles. The summed E-state index contributed by atoms with van der Waals surface area (Å²) in [5.74, 6) is 2.32. The lowest BCUT2D eigenvalue weighted by Crippen LogP contribution is -2.17. The fourth-order valence-electron chi connectivity index (χ4n) is 4.06. The monoisotopic (exact) mass is 393 g/mol. The Morgan fingerprint density at radius 1 is 1.07 bits per heavy atom. The van der Waals surface area contributed by atoms with E-state index >= 15 is 0 Å². The van der Waals surface area contributed by atoms with Crippen LogP contribution in [0.4, 0.5) is 0 Å². The predicted octanol–water partition coefficient (Wildman–Crippen LogP) is 6.01. The molecule has 1 atom stereocenters. The van der Waals surface area contributed by atoms with Gasteiger partial charge in [0.25, 0.3) is 0 Å². The smallest absolute Gasteiger partial charge is 0.244 e. The third kappa shape index (κ3) is 4.78. The zero-order valence-electron chi connectivity index (χ0n) is 17.6. The van der Waals surface area contributed by atoms with Crippen molar-refractivity contribution in [2.75, 3.05) is 20.2 Å². The summed E-state index contributed by atoms with van der Waals surface area (Å²) >= 11 is 0. The number of hydrogen-bond acceptors (Lipinski definition) is 5. The van der Waals surface area contributed by atoms with E-state index in [2.05, 4.69) is 59.3 Å². The zero-order chi connectivity index (χ0) is 20.1. The molecule has 0 aliphatic carbocycles. The average Bonchev–Trinajstić information content (AvgIpc) is 3.39. The standard InChI is InChI=1S/C24H31N3O2/c1-3-4-5-6-7-15-28-21-13-12-18-16-20(11-10-19(18)17-21)23-25-24(29-26-23)22-9-8-14-27(22)2/h10-13,16-17,22H,3-9,14-15H2,1-2H3. The van der Waals surface area contributed by atoms with Gasteiger partial charge in [0, 0.05) is 5.56 Å². The van der Waals surface area contributed by atoms with Crippen LogP contribution in [0.1, 0.15) is 63.8 Å². The minimum absolute atomic E-state index is 0.249. The van der Waals surface area contributed by atoms with Crippen LogP contribution in [0.2, 0.25) is 0 Å². The number of hydrogen-bond donors (Lipinski definition) is 0. The highest BCUT2D eigenvalue weighted by Gasteiger charge is 2.27. The number of fused-ring (bicyclic) bond motifs is 1. The summed E-state index contributed by atoms with van der Waals surface area (Å²) in [7, 11) is 2.11. The van der Waals surface area contributed by atoms with E-state index in [1.165, 1.54) is 32.1 Å². The van der Waals surface area contributed by atoms with Crippen LogP contribution in [0.15, 0.2) is 40.9 Å². The van der Waals surface area contributed by atoms with Crippen molar-refractivity contribution in [1.82, 2.24) is 15.0 Å². The topological polar surface area (TPSA) is 51.4 Å². The molecule has 154 valence electrons. The highest BCUT2D eigenvalue weighted by atomic mass is 16.5. The first-order chi connectivity index (χ1) is 14.2. The summed E-state index contributed by atoms with van der Waals surface area (Å²) < 4.78 is 11.5. The second-order valence-electron chi connectivity index (χ2n) is 8.08. The van der Waals surface area contributed by atoms with Gasteiger partial charge in [0.2, 0.25) is 11.7 Å². The van der Waals surface area contributed by atoms with Gasteiger partial charge < -0.3 is 9.26 Å². The second kappa shape index (κ2) is 9.40. The normalized spacial score (nSPS) is 17.2. The van der Waals surface area contributed by atoms with Gasteiger partial charge in [0.1, 0.15) is 5.75 Å². The Labute approximate surface area is 173 Å². The molecule has 0 saturated carbocycles. The zero-order valence-corrected chi connectivity index (χ0v) is 17.6. The maximum atomic E-state index is 5.94. The lowest BCUT2D eigenvalue weighted by atomic mass is 10.1. The molecule has 1 aliphatic rings. The summed E-state index contributed by atoms with van der Waals surface area (Å²) in [6.07, 6.45) is 8.51. The van der Waals surface area contributed by atoms with Crippen molar-refractivity contribution in [2.45, 2.75) is 57.9 Å². The summed E-state index contributed by atoms with van der Waals surface area (Å²) in [6.45, 7) is 4.11. The molecule has 3 aromatic rings. The third-order valence-electron chi connectivity index (χ3n) is 5.83. The highest BCUT2D eigenvalue weighted by molar-refractivity contribution is 5.87. The lowest BCUT2D eigenvalue weighted by molar-refractivity contribution is 0.245. The van der Waals surface area contributed by atoms with Crippen molar-refractivity contribution in [1.29, 1.82) is 0 Å². The van der Waals surface area contributed by atoms with Crippen molar-refractivity contribution in [3.8, 4) is 17.1 Å². The maximum Gasteiger partial charge on any atom is 0.244 e. The summed E-state index contributed by atoms with van der Waals surface area (Å²) in [6, 6.07) is 12.8. The second-order valence-corrected chi connectivity index (χ2v) is 8.08. The minimum atomic E-state index is 0.249. The van der Waals surface area contributed by atoms with E-state index in [4.69, 9.17) is 9.26 Å². The Morgan fingerprint density at radius 3 is 2.72 bits per heavy atom. The van der Waals surface area contributed by atoms with E-state index in [-0.39, 0.29) is 6.04 Å². The highest BCUT2D eigenvalue weighted by Crippen LogP contribution is 2.31. The van der Waals surface area contributed by atoms with Gasteiger partial charge in [-0.05, 0) is 61.8 Å². The predicted molar refractivity (Wildman–Crippen MR) is 116 cm³/mol. The van der Waals surface area contributed by atoms with Crippen molar-refractivity contribution in [3.63, 3.8) is 0 Å². The van der Waals surface area contributed by atoms with Gasteiger partial charge in [0.15, 0.2) is 0 Å². The van der Waals surface area contributed by atoms with Gasteiger partial charge >= 0.3 is 0 Å². The number of unbranched alkanes of at least 4 members (excludes halogenated alkanes) is 4. The van der Waals surface area contributed by atoms with E-state index < -0.39 is 0 Å². The van der Waals surface area contributed by atoms with Crippen LogP contribution in [0.3, 0.4) is 0 Å². The first kappa shape index (κ1) is 19.9. The molecule has 1 unspecified atom stereocenters. The van der Waals surface area contributed by atoms with Crippen molar-refractivity contribution in [3.05, 3.63) is 42.3 Å². The van der Waals surface area contributed by atoms with Crippen LogP contribution in [0.5, 0.6) is 5.75 Å². The number of ether oxygens (including phenoxy) is 1. The van der Waals surface area contributed by atoms with E-state index in [9.17, 15) is 0 Å². The van der Waals surface area contributed by atoms with Gasteiger partial charge in [-0.1, -0.05) is 56.0 Å². The number of aromatic nitrogens is 2. The molecule has 2 aromatic carbocycles. The van der Waals surface area contributed by atoms with E-state index in [1.54, 1.807) is 0 Å². The molecule has 1 aliphatic heterocycles. The Kier molecular flexibility index (Phi) is 6.45. The fourth-order valence-corrected chi connectivity index (χ4v) is 4.06. The summed E-state index contributed by atoms with van der Waals surface area (Å²) in [5.41, 5.74) is 0.984. The molecule has 0 N–H and O–H groups in total. The van der Waals surface area contributed by atoms with Gasteiger partial charge in [0.05, 0.1) is 12.6 Å². The van der Waals surface area contributed by atoms with Crippen molar-refractivity contribution < 1.29 is 9.26 Å². The van der Waals surface area contributed by atoms with Crippen molar-refractivity contribution in [2.24, 2.45) is 0 Å². The van der Waals surface area contributed by atoms with Crippen LogP contribution in [0, 0.1) is 0 Å². The van der Waals surface area contributed by atoms with Crippen LogP contribution in [-0.2, 0) is 0 Å². The van der Waals surface area contributed by atoms with Crippen LogP contribution >= 0.6 is 0 Å². The largest absolute Gasteiger partial charge is 0.494 e. The first-order valence-electron chi connectivity index (χ1n) is 11.0. The first-order valence-corrected chi connectivity index (χ1v) is 11.0. The molecular weight excluding hydrogens is 362 g/mol. The Hall–Kier alpha value is -2.40. The fraction of sp³-hybridized carbons (Fsp3) is 0.500. The number of rotatable bonds is 9. The quantitative estimate of drug-likeness (QED) is 0.417. The summed E-state index contributed by atoms with van der Waals surface area (Å²) in [4.78, 5) is 6.95. The number of benzene rings is 2. The van der Waals surface area contributed by atoms with Gasteiger partial charge in [-0.25, -0.2) is 0 Å². The number of likely N-dealkylation sites (tertiary alicyclic amines) is 1. The minimum Gasteiger partial charge on any atom is -0.494 e. The summed E-state index contributed by atoms with van der Waals surface area (Å²) in [5, 5.41) is 6.54. The molecule has 4 rings (SSSR count). The Morgan fingerprint density at radius 2 is 1.90 bits per heavy atom. The molecule has 1 fully saturated rings. The lowest BCUT2D eigenvalue weighted by Gasteiger charge is -2.14. The van der Waals surface area contributed by atoms with E-state index in [0.717, 1.165) is 54.0 Å². The molecule has 29 heavy (non-hydrogen) atoms. The maximum absolute atomic E-state index is 5.94. The van der Waals surface area contributed by atoms with E-state index in [0.29, 0.717) is 5.82 Å². The molecule has 0 amide bonds. The van der Waals surface area contributed by atoms with E-state index in [1.807, 2.05) is 6.07 Å². The van der Waals surface area contributed by atoms with Crippen LogP contribution < -0.4 is 4.74 Å². The molecule has 1 saturated heterocycles. The Bertz CT molecular complexity index is 937. The van der Waals surface area contributed by atoms with Crippen LogP contribution in [0.25, 0.3) is 22.2 Å². The van der Waals surface area contributed by atoms with Gasteiger partial charge in [-0.2, -0.15) is 4.98 Å². The van der Waals surface area contributed by atoms with Gasteiger partial charge in [-0.15, -0.1) is 0 Å². The van der Waals surface area contributed by atoms with Gasteiger partial charge in [-0.3, -0.25) is 4.90 Å². The molecule has 0 bridgehead atoms. The number of nitrogens with zero attached hydrogens (tertiary/aromatic N) is 3. The molecule has 5 heteroatoms. The molecule has 0 radical (unpaired) electrons. The third-order valence-corrected chi connectivity index (χ3v) is 5.83. The SMILES string of the molecule is CCCCCCCOc1ccc2cc(-c3noc(C4CCCN4C)n3)ccc2c1. The molecular formula is C24H31N3O2. The average molecular weight is 394 g/mol. The molecule has 1 aromatic heterocycles. The van der Waals surface area contributed by atoms with Crippen LogP contribution in [-0.4, -0.2) is 35.2 Å².